The minimum Gasteiger partial charge on any atom is -0.457 e. The SMILES string of the molecule is Cc1cc(Oc2ccc(CCO)cc2)ccc1C(N)=S. The van der Waals surface area contributed by atoms with Crippen LogP contribution in [0.3, 0.4) is 0 Å². The Bertz CT molecular complexity index is 608. The average molecular weight is 287 g/mol. The number of thiocarbonyl (C=S) groups is 1. The Labute approximate surface area is 124 Å². The van der Waals surface area contributed by atoms with Crippen molar-refractivity contribution in [1.29, 1.82) is 0 Å². The predicted octanol–water partition coefficient (Wildman–Crippen LogP) is 2.96. The van der Waals surface area contributed by atoms with Crippen LogP contribution >= 0.6 is 12.2 Å². The minimum atomic E-state index is 0.153. The van der Waals surface area contributed by atoms with Gasteiger partial charge in [0.2, 0.25) is 0 Å². The van der Waals surface area contributed by atoms with E-state index in [2.05, 4.69) is 0 Å². The minimum absolute atomic E-state index is 0.153. The van der Waals surface area contributed by atoms with Crippen molar-refractivity contribution < 1.29 is 9.84 Å². The Morgan fingerprint density at radius 1 is 1.15 bits per heavy atom. The van der Waals surface area contributed by atoms with Crippen molar-refractivity contribution >= 4 is 17.2 Å². The second kappa shape index (κ2) is 6.50. The van der Waals surface area contributed by atoms with Gasteiger partial charge in [-0.25, -0.2) is 0 Å². The van der Waals surface area contributed by atoms with Crippen LogP contribution in [0.15, 0.2) is 42.5 Å². The quantitative estimate of drug-likeness (QED) is 0.830. The molecular weight excluding hydrogens is 270 g/mol. The van der Waals surface area contributed by atoms with Crippen LogP contribution in [-0.4, -0.2) is 16.7 Å². The van der Waals surface area contributed by atoms with E-state index in [1.807, 2.05) is 49.4 Å². The third-order valence-corrected chi connectivity index (χ3v) is 3.24. The van der Waals surface area contributed by atoms with Gasteiger partial charge in [-0.3, -0.25) is 0 Å². The number of nitrogens with two attached hydrogens (primary N) is 1. The molecule has 0 aromatic heterocycles. The molecule has 0 unspecified atom stereocenters. The summed E-state index contributed by atoms with van der Waals surface area (Å²) in [6.45, 7) is 2.10. The van der Waals surface area contributed by atoms with E-state index in [-0.39, 0.29) is 6.61 Å². The lowest BCUT2D eigenvalue weighted by atomic mass is 10.1. The second-order valence-corrected chi connectivity index (χ2v) is 5.00. The molecule has 4 heteroatoms. The lowest BCUT2D eigenvalue weighted by molar-refractivity contribution is 0.299. The van der Waals surface area contributed by atoms with Crippen molar-refractivity contribution in [2.75, 3.05) is 6.61 Å². The van der Waals surface area contributed by atoms with Gasteiger partial charge in [-0.05, 0) is 54.8 Å². The van der Waals surface area contributed by atoms with Crippen LogP contribution in [-0.2, 0) is 6.42 Å². The Morgan fingerprint density at radius 3 is 2.35 bits per heavy atom. The molecule has 0 saturated carbocycles. The molecule has 3 nitrogen and oxygen atoms in total. The Balaban J connectivity index is 2.13. The molecule has 0 spiro atoms. The lowest BCUT2D eigenvalue weighted by Crippen LogP contribution is -2.10. The maximum absolute atomic E-state index is 8.87. The number of hydrogen-bond donors (Lipinski definition) is 2. The van der Waals surface area contributed by atoms with Gasteiger partial charge in [-0.15, -0.1) is 0 Å². The van der Waals surface area contributed by atoms with Gasteiger partial charge < -0.3 is 15.6 Å². The third-order valence-electron chi connectivity index (χ3n) is 3.02. The van der Waals surface area contributed by atoms with Crippen LogP contribution in [0.25, 0.3) is 0 Å². The van der Waals surface area contributed by atoms with Gasteiger partial charge in [0.25, 0.3) is 0 Å². The monoisotopic (exact) mass is 287 g/mol. The first-order valence-electron chi connectivity index (χ1n) is 6.38. The molecule has 2 aromatic carbocycles. The summed E-state index contributed by atoms with van der Waals surface area (Å²) in [4.78, 5) is 0.391. The molecule has 0 fully saturated rings. The normalized spacial score (nSPS) is 10.3. The van der Waals surface area contributed by atoms with Crippen molar-refractivity contribution in [3.8, 4) is 11.5 Å². The van der Waals surface area contributed by atoms with E-state index >= 15 is 0 Å². The number of aliphatic hydroxyl groups is 1. The highest BCUT2D eigenvalue weighted by atomic mass is 32.1. The molecule has 0 radical (unpaired) electrons. The topological polar surface area (TPSA) is 55.5 Å². The second-order valence-electron chi connectivity index (χ2n) is 4.56. The predicted molar refractivity (Wildman–Crippen MR) is 84.4 cm³/mol. The first-order valence-corrected chi connectivity index (χ1v) is 6.79. The van der Waals surface area contributed by atoms with Crippen molar-refractivity contribution in [1.82, 2.24) is 0 Å². The highest BCUT2D eigenvalue weighted by Gasteiger charge is 2.04. The van der Waals surface area contributed by atoms with Gasteiger partial charge in [0.1, 0.15) is 16.5 Å². The van der Waals surface area contributed by atoms with Crippen LogP contribution in [0.1, 0.15) is 16.7 Å². The molecule has 104 valence electrons. The summed E-state index contributed by atoms with van der Waals surface area (Å²) >= 11 is 4.98. The standard InChI is InChI=1S/C16H17NO2S/c1-11-10-14(6-7-15(11)16(17)20)19-13-4-2-12(3-5-13)8-9-18/h2-7,10,18H,8-9H2,1H3,(H2,17,20). The van der Waals surface area contributed by atoms with Gasteiger partial charge in [-0.1, -0.05) is 24.4 Å². The number of rotatable bonds is 5. The first kappa shape index (κ1) is 14.5. The van der Waals surface area contributed by atoms with Crippen LogP contribution in [0, 0.1) is 6.92 Å². The molecule has 20 heavy (non-hydrogen) atoms. The molecule has 0 aliphatic heterocycles. The third kappa shape index (κ3) is 3.56. The summed E-state index contributed by atoms with van der Waals surface area (Å²) in [6.07, 6.45) is 0.655. The van der Waals surface area contributed by atoms with Crippen molar-refractivity contribution in [3.05, 3.63) is 59.2 Å². The number of aryl methyl sites for hydroxylation is 1. The van der Waals surface area contributed by atoms with E-state index in [0.29, 0.717) is 11.4 Å². The summed E-state index contributed by atoms with van der Waals surface area (Å²) < 4.78 is 5.78. The van der Waals surface area contributed by atoms with E-state index in [4.69, 9.17) is 27.8 Å². The molecule has 3 N–H and O–H groups in total. The molecule has 0 amide bonds. The summed E-state index contributed by atoms with van der Waals surface area (Å²) in [7, 11) is 0. The van der Waals surface area contributed by atoms with E-state index in [9.17, 15) is 0 Å². The number of aliphatic hydroxyl groups excluding tert-OH is 1. The molecule has 0 aliphatic carbocycles. The Hall–Kier alpha value is -1.91. The Morgan fingerprint density at radius 2 is 1.80 bits per heavy atom. The molecule has 0 aliphatic rings. The van der Waals surface area contributed by atoms with Crippen molar-refractivity contribution in [2.45, 2.75) is 13.3 Å². The summed E-state index contributed by atoms with van der Waals surface area (Å²) in [5, 5.41) is 8.87. The zero-order chi connectivity index (χ0) is 14.5. The molecule has 0 saturated heterocycles. The molecule has 2 rings (SSSR count). The van der Waals surface area contributed by atoms with Crippen molar-refractivity contribution in [3.63, 3.8) is 0 Å². The van der Waals surface area contributed by atoms with Crippen LogP contribution in [0.4, 0.5) is 0 Å². The highest BCUT2D eigenvalue weighted by Crippen LogP contribution is 2.24. The summed E-state index contributed by atoms with van der Waals surface area (Å²) in [5.74, 6) is 1.51. The van der Waals surface area contributed by atoms with Gasteiger partial charge >= 0.3 is 0 Å². The zero-order valence-electron chi connectivity index (χ0n) is 11.3. The number of benzene rings is 2. The highest BCUT2D eigenvalue weighted by molar-refractivity contribution is 7.80. The fourth-order valence-electron chi connectivity index (χ4n) is 1.97. The molecule has 0 heterocycles. The van der Waals surface area contributed by atoms with E-state index in [1.165, 1.54) is 0 Å². The molecule has 2 aromatic rings. The Kier molecular flexibility index (Phi) is 4.71. The molecular formula is C16H17NO2S. The smallest absolute Gasteiger partial charge is 0.127 e. The van der Waals surface area contributed by atoms with Gasteiger partial charge in [0, 0.05) is 12.2 Å². The molecule has 0 bridgehead atoms. The van der Waals surface area contributed by atoms with Crippen LogP contribution < -0.4 is 10.5 Å². The molecule has 0 atom stereocenters. The van der Waals surface area contributed by atoms with E-state index in [1.54, 1.807) is 0 Å². The van der Waals surface area contributed by atoms with Crippen LogP contribution in [0.2, 0.25) is 0 Å². The largest absolute Gasteiger partial charge is 0.457 e. The van der Waals surface area contributed by atoms with Gasteiger partial charge in [0.05, 0.1) is 0 Å². The van der Waals surface area contributed by atoms with Gasteiger partial charge in [0.15, 0.2) is 0 Å². The maximum Gasteiger partial charge on any atom is 0.127 e. The number of ether oxygens (including phenoxy) is 1. The van der Waals surface area contributed by atoms with Crippen molar-refractivity contribution in [2.24, 2.45) is 5.73 Å². The first-order chi connectivity index (χ1) is 9.60. The number of hydrogen-bond acceptors (Lipinski definition) is 3. The fraction of sp³-hybridized carbons (Fsp3) is 0.188. The lowest BCUT2D eigenvalue weighted by Gasteiger charge is -2.09. The van der Waals surface area contributed by atoms with Crippen LogP contribution in [0.5, 0.6) is 11.5 Å². The maximum atomic E-state index is 8.87. The van der Waals surface area contributed by atoms with E-state index in [0.717, 1.165) is 28.2 Å². The summed E-state index contributed by atoms with van der Waals surface area (Å²) in [5.41, 5.74) is 8.57. The zero-order valence-corrected chi connectivity index (χ0v) is 12.1. The van der Waals surface area contributed by atoms with Gasteiger partial charge in [-0.2, -0.15) is 0 Å². The average Bonchev–Trinajstić information content (AvgIpc) is 2.41. The fourth-order valence-corrected chi connectivity index (χ4v) is 2.19. The van der Waals surface area contributed by atoms with E-state index < -0.39 is 0 Å². The summed E-state index contributed by atoms with van der Waals surface area (Å²) in [6, 6.07) is 13.3.